The minimum Gasteiger partial charge on any atom is -0.375 e. The van der Waals surface area contributed by atoms with Crippen LogP contribution < -0.4 is 0 Å². The molecule has 0 fully saturated rings. The van der Waals surface area contributed by atoms with Crippen LogP contribution in [0.15, 0.2) is 0 Å². The SMILES string of the molecule is CC(C)N(C)CCOC(C)(C)C. The molecule has 0 unspecified atom stereocenters. The fourth-order valence-electron chi connectivity index (χ4n) is 0.754. The van der Waals surface area contributed by atoms with Crippen molar-refractivity contribution in [2.45, 2.75) is 46.3 Å². The molecule has 0 spiro atoms. The lowest BCUT2D eigenvalue weighted by Gasteiger charge is -2.24. The summed E-state index contributed by atoms with van der Waals surface area (Å²) in [6.45, 7) is 12.5. The zero-order valence-corrected chi connectivity index (χ0v) is 9.35. The Labute approximate surface area is 76.9 Å². The van der Waals surface area contributed by atoms with E-state index in [9.17, 15) is 0 Å². The van der Waals surface area contributed by atoms with Gasteiger partial charge in [0.25, 0.3) is 0 Å². The molecule has 0 aromatic rings. The minimum absolute atomic E-state index is 0.00216. The van der Waals surface area contributed by atoms with E-state index in [0.717, 1.165) is 13.2 Å². The fraction of sp³-hybridized carbons (Fsp3) is 1.00. The second-order valence-corrected chi connectivity index (χ2v) is 4.54. The molecule has 0 saturated heterocycles. The molecule has 0 N–H and O–H groups in total. The van der Waals surface area contributed by atoms with E-state index < -0.39 is 0 Å². The summed E-state index contributed by atoms with van der Waals surface area (Å²) in [6.07, 6.45) is 0. The maximum Gasteiger partial charge on any atom is 0.0600 e. The standard InChI is InChI=1S/C10H23NO/c1-9(2)11(6)7-8-12-10(3,4)5/h9H,7-8H2,1-6H3. The van der Waals surface area contributed by atoms with Gasteiger partial charge in [0.15, 0.2) is 0 Å². The molecule has 0 amide bonds. The van der Waals surface area contributed by atoms with Crippen molar-refractivity contribution < 1.29 is 4.74 Å². The van der Waals surface area contributed by atoms with Crippen molar-refractivity contribution in [3.63, 3.8) is 0 Å². The summed E-state index contributed by atoms with van der Waals surface area (Å²) >= 11 is 0. The van der Waals surface area contributed by atoms with Gasteiger partial charge in [0.05, 0.1) is 12.2 Å². The van der Waals surface area contributed by atoms with Crippen LogP contribution in [0.4, 0.5) is 0 Å². The van der Waals surface area contributed by atoms with Crippen molar-refractivity contribution in [1.29, 1.82) is 0 Å². The average Bonchev–Trinajstić information content (AvgIpc) is 1.84. The van der Waals surface area contributed by atoms with Gasteiger partial charge in [-0.3, -0.25) is 0 Å². The molecular weight excluding hydrogens is 150 g/mol. The van der Waals surface area contributed by atoms with Crippen LogP contribution in [-0.4, -0.2) is 36.7 Å². The third kappa shape index (κ3) is 6.62. The topological polar surface area (TPSA) is 12.5 Å². The average molecular weight is 173 g/mol. The highest BCUT2D eigenvalue weighted by Gasteiger charge is 2.10. The van der Waals surface area contributed by atoms with E-state index in [2.05, 4.69) is 46.6 Å². The van der Waals surface area contributed by atoms with Gasteiger partial charge in [0.1, 0.15) is 0 Å². The van der Waals surface area contributed by atoms with Gasteiger partial charge >= 0.3 is 0 Å². The van der Waals surface area contributed by atoms with E-state index in [1.54, 1.807) is 0 Å². The molecule has 2 heteroatoms. The zero-order valence-electron chi connectivity index (χ0n) is 9.35. The molecule has 0 bridgehead atoms. The summed E-state index contributed by atoms with van der Waals surface area (Å²) in [6, 6.07) is 0.605. The van der Waals surface area contributed by atoms with Gasteiger partial charge in [-0.15, -0.1) is 0 Å². The second kappa shape index (κ2) is 4.83. The Morgan fingerprint density at radius 2 is 1.75 bits per heavy atom. The smallest absolute Gasteiger partial charge is 0.0600 e. The predicted octanol–water partition coefficient (Wildman–Crippen LogP) is 2.14. The van der Waals surface area contributed by atoms with E-state index in [1.165, 1.54) is 0 Å². The van der Waals surface area contributed by atoms with Crippen molar-refractivity contribution in [2.75, 3.05) is 20.2 Å². The van der Waals surface area contributed by atoms with Crippen LogP contribution in [-0.2, 0) is 4.74 Å². The van der Waals surface area contributed by atoms with Crippen molar-refractivity contribution >= 4 is 0 Å². The van der Waals surface area contributed by atoms with Crippen LogP contribution in [0.3, 0.4) is 0 Å². The first kappa shape index (κ1) is 11.9. The van der Waals surface area contributed by atoms with Crippen LogP contribution in [0.5, 0.6) is 0 Å². The number of hydrogen-bond acceptors (Lipinski definition) is 2. The number of likely N-dealkylation sites (N-methyl/N-ethyl adjacent to an activating group) is 1. The monoisotopic (exact) mass is 173 g/mol. The van der Waals surface area contributed by atoms with Gasteiger partial charge in [0.2, 0.25) is 0 Å². The Morgan fingerprint density at radius 1 is 1.25 bits per heavy atom. The van der Waals surface area contributed by atoms with Crippen LogP contribution in [0, 0.1) is 0 Å². The predicted molar refractivity (Wildman–Crippen MR) is 53.5 cm³/mol. The van der Waals surface area contributed by atoms with Crippen LogP contribution in [0.25, 0.3) is 0 Å². The molecule has 0 aliphatic heterocycles. The normalized spacial score (nSPS) is 13.0. The van der Waals surface area contributed by atoms with Gasteiger partial charge in [-0.1, -0.05) is 0 Å². The lowest BCUT2D eigenvalue weighted by atomic mass is 10.2. The summed E-state index contributed by atoms with van der Waals surface area (Å²) in [5, 5.41) is 0. The number of nitrogens with zero attached hydrogens (tertiary/aromatic N) is 1. The largest absolute Gasteiger partial charge is 0.375 e. The number of hydrogen-bond donors (Lipinski definition) is 0. The molecule has 0 atom stereocenters. The van der Waals surface area contributed by atoms with Crippen LogP contribution >= 0.6 is 0 Å². The Bertz CT molecular complexity index is 115. The lowest BCUT2D eigenvalue weighted by Crippen LogP contribution is -2.32. The molecule has 0 saturated carbocycles. The molecule has 0 aromatic carbocycles. The first-order chi connectivity index (χ1) is 5.33. The van der Waals surface area contributed by atoms with Gasteiger partial charge in [-0.25, -0.2) is 0 Å². The molecular formula is C10H23NO. The van der Waals surface area contributed by atoms with Crippen molar-refractivity contribution in [3.05, 3.63) is 0 Å². The van der Waals surface area contributed by atoms with E-state index in [1.807, 2.05) is 0 Å². The van der Waals surface area contributed by atoms with Gasteiger partial charge in [-0.2, -0.15) is 0 Å². The van der Waals surface area contributed by atoms with Crippen LogP contribution in [0.2, 0.25) is 0 Å². The van der Waals surface area contributed by atoms with Crippen molar-refractivity contribution in [3.8, 4) is 0 Å². The van der Waals surface area contributed by atoms with E-state index in [0.29, 0.717) is 6.04 Å². The molecule has 0 aliphatic rings. The zero-order chi connectivity index (χ0) is 9.78. The summed E-state index contributed by atoms with van der Waals surface area (Å²) in [5.74, 6) is 0. The highest BCUT2D eigenvalue weighted by atomic mass is 16.5. The molecule has 2 nitrogen and oxygen atoms in total. The van der Waals surface area contributed by atoms with E-state index in [-0.39, 0.29) is 5.60 Å². The summed E-state index contributed by atoms with van der Waals surface area (Å²) in [5.41, 5.74) is -0.00216. The fourth-order valence-corrected chi connectivity index (χ4v) is 0.754. The Morgan fingerprint density at radius 3 is 2.08 bits per heavy atom. The molecule has 0 heterocycles. The summed E-state index contributed by atoms with van der Waals surface area (Å²) in [7, 11) is 2.12. The minimum atomic E-state index is -0.00216. The number of ether oxygens (including phenoxy) is 1. The third-order valence-corrected chi connectivity index (χ3v) is 1.86. The molecule has 0 rings (SSSR count). The van der Waals surface area contributed by atoms with Gasteiger partial charge in [0, 0.05) is 12.6 Å². The molecule has 0 radical (unpaired) electrons. The second-order valence-electron chi connectivity index (χ2n) is 4.54. The lowest BCUT2D eigenvalue weighted by molar-refractivity contribution is -0.0131. The molecule has 0 aromatic heterocycles. The first-order valence-corrected chi connectivity index (χ1v) is 4.67. The quantitative estimate of drug-likeness (QED) is 0.646. The third-order valence-electron chi connectivity index (χ3n) is 1.86. The van der Waals surface area contributed by atoms with Crippen molar-refractivity contribution in [1.82, 2.24) is 4.90 Å². The Balaban J connectivity index is 3.44. The first-order valence-electron chi connectivity index (χ1n) is 4.67. The van der Waals surface area contributed by atoms with E-state index >= 15 is 0 Å². The summed E-state index contributed by atoms with van der Waals surface area (Å²) in [4.78, 5) is 2.28. The molecule has 12 heavy (non-hydrogen) atoms. The van der Waals surface area contributed by atoms with Crippen LogP contribution in [0.1, 0.15) is 34.6 Å². The highest BCUT2D eigenvalue weighted by molar-refractivity contribution is 4.61. The Kier molecular flexibility index (Phi) is 4.80. The highest BCUT2D eigenvalue weighted by Crippen LogP contribution is 2.06. The summed E-state index contributed by atoms with van der Waals surface area (Å²) < 4.78 is 5.61. The Hall–Kier alpha value is -0.0800. The van der Waals surface area contributed by atoms with E-state index in [4.69, 9.17) is 4.74 Å². The molecule has 0 aliphatic carbocycles. The van der Waals surface area contributed by atoms with Gasteiger partial charge < -0.3 is 9.64 Å². The molecule has 74 valence electrons. The maximum atomic E-state index is 5.61. The maximum absolute atomic E-state index is 5.61. The number of rotatable bonds is 4. The van der Waals surface area contributed by atoms with Gasteiger partial charge in [-0.05, 0) is 41.7 Å². The van der Waals surface area contributed by atoms with Crippen molar-refractivity contribution in [2.24, 2.45) is 0 Å².